The van der Waals surface area contributed by atoms with E-state index in [-0.39, 0.29) is 17.7 Å². The van der Waals surface area contributed by atoms with E-state index in [4.69, 9.17) is 0 Å². The summed E-state index contributed by atoms with van der Waals surface area (Å²) in [6.07, 6.45) is 3.00. The number of aryl methyl sites for hydroxylation is 1. The Balaban J connectivity index is 1.98. The highest BCUT2D eigenvalue weighted by atomic mass is 79.9. The molecule has 4 nitrogen and oxygen atoms in total. The lowest BCUT2D eigenvalue weighted by atomic mass is 9.94. The molecule has 1 saturated heterocycles. The zero-order valence-corrected chi connectivity index (χ0v) is 15.7. The number of likely N-dealkylation sites (tertiary alicyclic amines) is 1. The van der Waals surface area contributed by atoms with Gasteiger partial charge >= 0.3 is 0 Å². The molecule has 1 aromatic rings. The third-order valence-electron chi connectivity index (χ3n) is 4.51. The number of piperidine rings is 1. The number of anilines is 1. The lowest BCUT2D eigenvalue weighted by Gasteiger charge is -2.33. The molecule has 1 fully saturated rings. The molecule has 0 atom stereocenters. The summed E-state index contributed by atoms with van der Waals surface area (Å²) in [7, 11) is 1.84. The van der Waals surface area contributed by atoms with Crippen molar-refractivity contribution in [2.24, 2.45) is 5.92 Å². The molecule has 0 saturated carbocycles. The van der Waals surface area contributed by atoms with Gasteiger partial charge in [-0.1, -0.05) is 22.9 Å². The van der Waals surface area contributed by atoms with Crippen LogP contribution in [0.5, 0.6) is 0 Å². The number of hydrogen-bond acceptors (Lipinski definition) is 2. The first-order valence-electron chi connectivity index (χ1n) is 8.25. The van der Waals surface area contributed by atoms with E-state index in [1.807, 2.05) is 44.0 Å². The van der Waals surface area contributed by atoms with Crippen LogP contribution in [0.4, 0.5) is 5.69 Å². The van der Waals surface area contributed by atoms with Crippen LogP contribution in [0, 0.1) is 12.8 Å². The third kappa shape index (κ3) is 4.34. The highest BCUT2D eigenvalue weighted by Gasteiger charge is 2.29. The Morgan fingerprint density at radius 2 is 1.96 bits per heavy atom. The summed E-state index contributed by atoms with van der Waals surface area (Å²) in [5.74, 6) is 0.377. The van der Waals surface area contributed by atoms with Crippen LogP contribution in [0.3, 0.4) is 0 Å². The Kier molecular flexibility index (Phi) is 6.22. The molecule has 5 heteroatoms. The van der Waals surface area contributed by atoms with Crippen molar-refractivity contribution >= 4 is 33.4 Å². The highest BCUT2D eigenvalue weighted by Crippen LogP contribution is 2.27. The van der Waals surface area contributed by atoms with Gasteiger partial charge in [0.05, 0.1) is 0 Å². The monoisotopic (exact) mass is 380 g/mol. The van der Waals surface area contributed by atoms with Crippen LogP contribution in [-0.2, 0) is 9.59 Å². The van der Waals surface area contributed by atoms with Crippen molar-refractivity contribution in [3.8, 4) is 0 Å². The maximum atomic E-state index is 12.7. The molecule has 0 aromatic heterocycles. The molecule has 0 N–H and O–H groups in total. The topological polar surface area (TPSA) is 40.6 Å². The summed E-state index contributed by atoms with van der Waals surface area (Å²) in [4.78, 5) is 28.3. The van der Waals surface area contributed by atoms with Crippen molar-refractivity contribution in [2.75, 3.05) is 25.0 Å². The molecule has 0 spiro atoms. The molecule has 0 aliphatic carbocycles. The first kappa shape index (κ1) is 18.0. The van der Waals surface area contributed by atoms with E-state index in [0.29, 0.717) is 19.5 Å². The summed E-state index contributed by atoms with van der Waals surface area (Å²) in [5.41, 5.74) is 2.02. The Bertz CT molecular complexity index is 580. The van der Waals surface area contributed by atoms with Crippen LogP contribution in [0.2, 0.25) is 0 Å². The number of carbonyl (C=O) groups excluding carboxylic acids is 2. The van der Waals surface area contributed by atoms with Crippen LogP contribution in [0.15, 0.2) is 22.7 Å². The number of carbonyl (C=O) groups is 2. The third-order valence-corrected chi connectivity index (χ3v) is 5.00. The van der Waals surface area contributed by atoms with Gasteiger partial charge in [0.1, 0.15) is 0 Å². The van der Waals surface area contributed by atoms with Crippen molar-refractivity contribution < 1.29 is 9.59 Å². The van der Waals surface area contributed by atoms with Crippen LogP contribution in [0.1, 0.15) is 38.2 Å². The lowest BCUT2D eigenvalue weighted by molar-refractivity contribution is -0.134. The Hall–Kier alpha value is -1.36. The number of benzene rings is 1. The molecule has 1 aliphatic rings. The number of nitrogens with zero attached hydrogens (tertiary/aromatic N) is 2. The van der Waals surface area contributed by atoms with E-state index in [0.717, 1.165) is 35.0 Å². The molecule has 0 radical (unpaired) electrons. The van der Waals surface area contributed by atoms with Gasteiger partial charge in [0, 0.05) is 42.6 Å². The van der Waals surface area contributed by atoms with Crippen molar-refractivity contribution in [3.63, 3.8) is 0 Å². The lowest BCUT2D eigenvalue weighted by Crippen LogP contribution is -2.43. The number of halogens is 1. The maximum absolute atomic E-state index is 12.7. The zero-order valence-electron chi connectivity index (χ0n) is 14.1. The Morgan fingerprint density at radius 3 is 2.52 bits per heavy atom. The first-order valence-corrected chi connectivity index (χ1v) is 9.04. The zero-order chi connectivity index (χ0) is 17.0. The van der Waals surface area contributed by atoms with Gasteiger partial charge in [0.25, 0.3) is 0 Å². The van der Waals surface area contributed by atoms with Gasteiger partial charge in [0.15, 0.2) is 0 Å². The second-order valence-corrected chi connectivity index (χ2v) is 7.15. The molecule has 126 valence electrons. The molecular formula is C18H25BrN2O2. The van der Waals surface area contributed by atoms with Gasteiger partial charge in [-0.15, -0.1) is 0 Å². The molecule has 1 heterocycles. The van der Waals surface area contributed by atoms with Crippen LogP contribution in [-0.4, -0.2) is 36.9 Å². The minimum absolute atomic E-state index is 0.00808. The van der Waals surface area contributed by atoms with Crippen molar-refractivity contribution in [1.82, 2.24) is 4.90 Å². The minimum atomic E-state index is 0.00808. The average Bonchev–Trinajstić information content (AvgIpc) is 2.54. The number of rotatable bonds is 4. The smallest absolute Gasteiger partial charge is 0.229 e. The molecule has 2 rings (SSSR count). The molecular weight excluding hydrogens is 356 g/mol. The second-order valence-electron chi connectivity index (χ2n) is 6.23. The molecule has 23 heavy (non-hydrogen) atoms. The van der Waals surface area contributed by atoms with Gasteiger partial charge < -0.3 is 9.80 Å². The fraction of sp³-hybridized carbons (Fsp3) is 0.556. The van der Waals surface area contributed by atoms with E-state index in [1.165, 1.54) is 0 Å². The van der Waals surface area contributed by atoms with Crippen LogP contribution in [0.25, 0.3) is 0 Å². The molecule has 2 amide bonds. The van der Waals surface area contributed by atoms with Gasteiger partial charge in [-0.25, -0.2) is 0 Å². The van der Waals surface area contributed by atoms with Crippen LogP contribution >= 0.6 is 15.9 Å². The largest absolute Gasteiger partial charge is 0.343 e. The van der Waals surface area contributed by atoms with E-state index in [1.54, 1.807) is 4.90 Å². The summed E-state index contributed by atoms with van der Waals surface area (Å²) < 4.78 is 1.02. The Labute approximate surface area is 147 Å². The van der Waals surface area contributed by atoms with Gasteiger partial charge in [-0.05, 0) is 49.9 Å². The van der Waals surface area contributed by atoms with Crippen molar-refractivity contribution in [1.29, 1.82) is 0 Å². The summed E-state index contributed by atoms with van der Waals surface area (Å²) in [5, 5.41) is 0. The van der Waals surface area contributed by atoms with Gasteiger partial charge in [-0.3, -0.25) is 9.59 Å². The second kappa shape index (κ2) is 7.95. The summed E-state index contributed by atoms with van der Waals surface area (Å²) in [6, 6.07) is 5.94. The van der Waals surface area contributed by atoms with E-state index in [9.17, 15) is 9.59 Å². The fourth-order valence-electron chi connectivity index (χ4n) is 3.14. The normalized spacial score (nSPS) is 15.6. The first-order chi connectivity index (χ1) is 10.9. The minimum Gasteiger partial charge on any atom is -0.343 e. The predicted molar refractivity (Wildman–Crippen MR) is 96.5 cm³/mol. The van der Waals surface area contributed by atoms with E-state index < -0.39 is 0 Å². The highest BCUT2D eigenvalue weighted by molar-refractivity contribution is 9.10. The number of hydrogen-bond donors (Lipinski definition) is 0. The maximum Gasteiger partial charge on any atom is 0.229 e. The number of amides is 2. The van der Waals surface area contributed by atoms with Gasteiger partial charge in [0.2, 0.25) is 11.8 Å². The van der Waals surface area contributed by atoms with E-state index >= 15 is 0 Å². The molecule has 0 unspecified atom stereocenters. The van der Waals surface area contributed by atoms with Crippen LogP contribution < -0.4 is 4.90 Å². The van der Waals surface area contributed by atoms with Gasteiger partial charge in [-0.2, -0.15) is 0 Å². The predicted octanol–water partition coefficient (Wildman–Crippen LogP) is 3.76. The van der Waals surface area contributed by atoms with Crippen molar-refractivity contribution in [3.05, 3.63) is 28.2 Å². The average molecular weight is 381 g/mol. The van der Waals surface area contributed by atoms with E-state index in [2.05, 4.69) is 15.9 Å². The summed E-state index contributed by atoms with van der Waals surface area (Å²) >= 11 is 3.45. The quantitative estimate of drug-likeness (QED) is 0.797. The molecule has 1 aliphatic heterocycles. The molecule has 1 aromatic carbocycles. The standard InChI is InChI=1S/C18H25BrN2O2/c1-4-5-17(22)21-10-8-14(9-11-21)18(23)20(3)16-7-6-15(19)12-13(16)2/h6-7,12,14H,4-5,8-11H2,1-3H3. The Morgan fingerprint density at radius 1 is 1.30 bits per heavy atom. The summed E-state index contributed by atoms with van der Waals surface area (Å²) in [6.45, 7) is 5.42. The fourth-order valence-corrected chi connectivity index (χ4v) is 3.61. The molecule has 0 bridgehead atoms. The van der Waals surface area contributed by atoms with Crippen molar-refractivity contribution in [2.45, 2.75) is 39.5 Å². The SMILES string of the molecule is CCCC(=O)N1CCC(C(=O)N(C)c2ccc(Br)cc2C)CC1.